The molecule has 0 aliphatic heterocycles. The van der Waals surface area contributed by atoms with Crippen molar-refractivity contribution in [1.82, 2.24) is 20.0 Å². The molecule has 0 radical (unpaired) electrons. The molecule has 0 amide bonds. The first kappa shape index (κ1) is 13.2. The first-order chi connectivity index (χ1) is 7.37. The fourth-order valence-corrected chi connectivity index (χ4v) is 1.80. The van der Waals surface area contributed by atoms with Gasteiger partial charge in [0.25, 0.3) is 0 Å². The highest BCUT2D eigenvalue weighted by Crippen LogP contribution is 2.18. The average Bonchev–Trinajstić information content (AvgIpc) is 2.60. The fourth-order valence-electron chi connectivity index (χ4n) is 1.80. The van der Waals surface area contributed by atoms with Gasteiger partial charge in [0.1, 0.15) is 0 Å². The molecule has 4 heteroatoms. The molecule has 1 N–H and O–H groups in total. The molecule has 16 heavy (non-hydrogen) atoms. The van der Waals surface area contributed by atoms with Crippen molar-refractivity contribution >= 4 is 0 Å². The molecule has 0 saturated heterocycles. The summed E-state index contributed by atoms with van der Waals surface area (Å²) in [5, 5.41) is 7.82. The number of aromatic nitrogens is 2. The van der Waals surface area contributed by atoms with Crippen LogP contribution in [0.2, 0.25) is 0 Å². The molecule has 0 bridgehead atoms. The van der Waals surface area contributed by atoms with Crippen LogP contribution in [-0.2, 0) is 13.5 Å². The van der Waals surface area contributed by atoms with Crippen molar-refractivity contribution in [3.8, 4) is 0 Å². The van der Waals surface area contributed by atoms with E-state index in [1.54, 1.807) is 0 Å². The molecular weight excluding hydrogens is 200 g/mol. The molecule has 4 nitrogen and oxygen atoms in total. The van der Waals surface area contributed by atoms with E-state index in [2.05, 4.69) is 49.3 Å². The Morgan fingerprint density at radius 2 is 2.12 bits per heavy atom. The van der Waals surface area contributed by atoms with E-state index in [0.717, 1.165) is 12.1 Å². The molecule has 1 atom stereocenters. The number of hydrogen-bond acceptors (Lipinski definition) is 3. The lowest BCUT2D eigenvalue weighted by Crippen LogP contribution is -2.55. The molecule has 1 heterocycles. The average molecular weight is 224 g/mol. The Balaban J connectivity index is 2.76. The molecule has 0 aromatic carbocycles. The molecule has 1 rings (SSSR count). The standard InChI is InChI=1S/C12H24N4/c1-12(2,15(4)5)11(13-3)9-10-7-8-16(6)14-10/h7-8,11,13H,9H2,1-6H3. The van der Waals surface area contributed by atoms with E-state index in [9.17, 15) is 0 Å². The van der Waals surface area contributed by atoms with Gasteiger partial charge in [-0.1, -0.05) is 0 Å². The van der Waals surface area contributed by atoms with E-state index in [1.807, 2.05) is 25.0 Å². The van der Waals surface area contributed by atoms with Crippen LogP contribution in [0.5, 0.6) is 0 Å². The molecule has 0 fully saturated rings. The quantitative estimate of drug-likeness (QED) is 0.806. The summed E-state index contributed by atoms with van der Waals surface area (Å²) in [6, 6.07) is 2.47. The topological polar surface area (TPSA) is 33.1 Å². The number of nitrogens with one attached hydrogen (secondary N) is 1. The van der Waals surface area contributed by atoms with Crippen molar-refractivity contribution in [2.75, 3.05) is 21.1 Å². The zero-order valence-corrected chi connectivity index (χ0v) is 11.3. The molecular formula is C12H24N4. The normalized spacial score (nSPS) is 14.4. The van der Waals surface area contributed by atoms with Crippen molar-refractivity contribution in [3.63, 3.8) is 0 Å². The maximum absolute atomic E-state index is 4.43. The monoisotopic (exact) mass is 224 g/mol. The van der Waals surface area contributed by atoms with Crippen molar-refractivity contribution in [1.29, 1.82) is 0 Å². The molecule has 92 valence electrons. The van der Waals surface area contributed by atoms with Gasteiger partial charge in [-0.15, -0.1) is 0 Å². The van der Waals surface area contributed by atoms with Crippen LogP contribution in [0, 0.1) is 0 Å². The van der Waals surface area contributed by atoms with Gasteiger partial charge in [-0.25, -0.2) is 0 Å². The minimum Gasteiger partial charge on any atom is -0.315 e. The van der Waals surface area contributed by atoms with Crippen LogP contribution in [-0.4, -0.2) is 47.4 Å². The highest BCUT2D eigenvalue weighted by atomic mass is 15.2. The van der Waals surface area contributed by atoms with Crippen molar-refractivity contribution < 1.29 is 0 Å². The van der Waals surface area contributed by atoms with Crippen molar-refractivity contribution in [2.24, 2.45) is 7.05 Å². The minimum absolute atomic E-state index is 0.103. The number of hydrogen-bond donors (Lipinski definition) is 1. The van der Waals surface area contributed by atoms with Crippen LogP contribution >= 0.6 is 0 Å². The Labute approximate surface area is 98.6 Å². The molecule has 0 saturated carbocycles. The number of nitrogens with zero attached hydrogens (tertiary/aromatic N) is 3. The Kier molecular flexibility index (Phi) is 4.10. The molecule has 0 aliphatic rings. The number of likely N-dealkylation sites (N-methyl/N-ethyl adjacent to an activating group) is 2. The lowest BCUT2D eigenvalue weighted by Gasteiger charge is -2.39. The second-order valence-corrected chi connectivity index (χ2v) is 5.07. The molecule has 1 unspecified atom stereocenters. The van der Waals surface area contributed by atoms with Crippen LogP contribution in [0.25, 0.3) is 0 Å². The summed E-state index contributed by atoms with van der Waals surface area (Å²) in [7, 11) is 8.19. The van der Waals surface area contributed by atoms with E-state index < -0.39 is 0 Å². The van der Waals surface area contributed by atoms with Gasteiger partial charge in [0.05, 0.1) is 5.69 Å². The molecule has 0 aliphatic carbocycles. The minimum atomic E-state index is 0.103. The van der Waals surface area contributed by atoms with Gasteiger partial charge in [-0.3, -0.25) is 4.68 Å². The van der Waals surface area contributed by atoms with E-state index in [0.29, 0.717) is 6.04 Å². The van der Waals surface area contributed by atoms with Crippen LogP contribution in [0.15, 0.2) is 12.3 Å². The van der Waals surface area contributed by atoms with Gasteiger partial charge in [-0.05, 0) is 41.1 Å². The van der Waals surface area contributed by atoms with Gasteiger partial charge < -0.3 is 10.2 Å². The third-order valence-corrected chi connectivity index (χ3v) is 3.54. The van der Waals surface area contributed by atoms with E-state index in [-0.39, 0.29) is 5.54 Å². The third kappa shape index (κ3) is 2.83. The maximum atomic E-state index is 4.43. The predicted molar refractivity (Wildman–Crippen MR) is 67.5 cm³/mol. The Morgan fingerprint density at radius 1 is 1.50 bits per heavy atom. The summed E-state index contributed by atoms with van der Waals surface area (Å²) in [6.45, 7) is 4.49. The van der Waals surface area contributed by atoms with Gasteiger partial charge in [-0.2, -0.15) is 5.10 Å². The summed E-state index contributed by atoms with van der Waals surface area (Å²) in [6.07, 6.45) is 2.94. The van der Waals surface area contributed by atoms with Crippen molar-refractivity contribution in [3.05, 3.63) is 18.0 Å². The van der Waals surface area contributed by atoms with Gasteiger partial charge >= 0.3 is 0 Å². The summed E-state index contributed by atoms with van der Waals surface area (Å²) in [4.78, 5) is 2.25. The predicted octanol–water partition coefficient (Wildman–Crippen LogP) is 0.891. The van der Waals surface area contributed by atoms with E-state index in [4.69, 9.17) is 0 Å². The Hall–Kier alpha value is -0.870. The highest BCUT2D eigenvalue weighted by molar-refractivity contribution is 5.05. The number of aryl methyl sites for hydroxylation is 1. The third-order valence-electron chi connectivity index (χ3n) is 3.54. The maximum Gasteiger partial charge on any atom is 0.0640 e. The molecule has 0 spiro atoms. The lowest BCUT2D eigenvalue weighted by atomic mass is 9.90. The van der Waals surface area contributed by atoms with Crippen LogP contribution < -0.4 is 5.32 Å². The van der Waals surface area contributed by atoms with E-state index >= 15 is 0 Å². The Bertz CT molecular complexity index is 328. The van der Waals surface area contributed by atoms with Crippen molar-refractivity contribution in [2.45, 2.75) is 31.8 Å². The van der Waals surface area contributed by atoms with Crippen LogP contribution in [0.3, 0.4) is 0 Å². The van der Waals surface area contributed by atoms with E-state index in [1.165, 1.54) is 0 Å². The molecule has 1 aromatic rings. The summed E-state index contributed by atoms with van der Waals surface area (Å²) >= 11 is 0. The van der Waals surface area contributed by atoms with Crippen LogP contribution in [0.4, 0.5) is 0 Å². The Morgan fingerprint density at radius 3 is 2.50 bits per heavy atom. The lowest BCUT2D eigenvalue weighted by molar-refractivity contribution is 0.141. The van der Waals surface area contributed by atoms with Crippen LogP contribution in [0.1, 0.15) is 19.5 Å². The van der Waals surface area contributed by atoms with Gasteiger partial charge in [0.2, 0.25) is 0 Å². The largest absolute Gasteiger partial charge is 0.315 e. The SMILES string of the molecule is CNC(Cc1ccn(C)n1)C(C)(C)N(C)C. The first-order valence-corrected chi connectivity index (χ1v) is 5.71. The number of rotatable bonds is 5. The van der Waals surface area contributed by atoms with Gasteiger partial charge in [0, 0.05) is 31.2 Å². The summed E-state index contributed by atoms with van der Waals surface area (Å²) < 4.78 is 1.85. The summed E-state index contributed by atoms with van der Waals surface area (Å²) in [5.41, 5.74) is 1.24. The second-order valence-electron chi connectivity index (χ2n) is 5.07. The molecule has 1 aromatic heterocycles. The summed E-state index contributed by atoms with van der Waals surface area (Å²) in [5.74, 6) is 0. The van der Waals surface area contributed by atoms with Gasteiger partial charge in [0.15, 0.2) is 0 Å². The second kappa shape index (κ2) is 4.97. The fraction of sp³-hybridized carbons (Fsp3) is 0.750. The zero-order chi connectivity index (χ0) is 12.3. The highest BCUT2D eigenvalue weighted by Gasteiger charge is 2.30. The zero-order valence-electron chi connectivity index (χ0n) is 11.3. The first-order valence-electron chi connectivity index (χ1n) is 5.71. The smallest absolute Gasteiger partial charge is 0.0640 e.